The maximum Gasteiger partial charge on any atom is 0.255 e. The van der Waals surface area contributed by atoms with Crippen LogP contribution in [0.25, 0.3) is 22.2 Å². The molecule has 0 fully saturated rings. The fourth-order valence-corrected chi connectivity index (χ4v) is 4.28. The Hall–Kier alpha value is -3.91. The average Bonchev–Trinajstić information content (AvgIpc) is 3.26. The minimum absolute atomic E-state index is 0.0549. The normalized spacial score (nSPS) is 15.5. The van der Waals surface area contributed by atoms with E-state index in [1.807, 2.05) is 62.9 Å². The molecule has 182 valence electrons. The van der Waals surface area contributed by atoms with Crippen LogP contribution in [-0.4, -0.2) is 73.4 Å². The van der Waals surface area contributed by atoms with Crippen molar-refractivity contribution in [3.63, 3.8) is 0 Å². The second-order valence-corrected chi connectivity index (χ2v) is 9.09. The van der Waals surface area contributed by atoms with Crippen LogP contribution in [0, 0.1) is 0 Å². The molecule has 8 nitrogen and oxygen atoms in total. The number of allylic oxidation sites excluding steroid dienone is 2. The van der Waals surface area contributed by atoms with Gasteiger partial charge in [-0.05, 0) is 38.2 Å². The zero-order chi connectivity index (χ0) is 25.1. The van der Waals surface area contributed by atoms with Gasteiger partial charge in [0.25, 0.3) is 5.91 Å². The van der Waals surface area contributed by atoms with Crippen molar-refractivity contribution in [2.24, 2.45) is 0 Å². The lowest BCUT2D eigenvalue weighted by Crippen LogP contribution is -2.36. The Morgan fingerprint density at radius 1 is 1.17 bits per heavy atom. The second-order valence-electron chi connectivity index (χ2n) is 9.09. The molecule has 0 saturated heterocycles. The molecule has 4 rings (SSSR count). The molecule has 35 heavy (non-hydrogen) atoms. The molecule has 2 aromatic heterocycles. The molecule has 0 radical (unpaired) electrons. The quantitative estimate of drug-likeness (QED) is 0.550. The van der Waals surface area contributed by atoms with Crippen LogP contribution in [0.15, 0.2) is 66.1 Å². The van der Waals surface area contributed by atoms with Crippen molar-refractivity contribution >= 4 is 22.8 Å². The van der Waals surface area contributed by atoms with Crippen LogP contribution >= 0.6 is 0 Å². The maximum absolute atomic E-state index is 13.0. The van der Waals surface area contributed by atoms with Gasteiger partial charge < -0.3 is 24.8 Å². The molecule has 8 heteroatoms. The molecule has 0 spiro atoms. The number of fused-ring (bicyclic) bond motifs is 1. The van der Waals surface area contributed by atoms with Gasteiger partial charge in [-0.25, -0.2) is 4.98 Å². The number of nitrogens with zero attached hydrogens (tertiary/aromatic N) is 3. The van der Waals surface area contributed by atoms with Gasteiger partial charge in [-0.1, -0.05) is 30.4 Å². The topological polar surface area (TPSA) is 90.6 Å². The predicted octanol–water partition coefficient (Wildman–Crippen LogP) is 3.30. The van der Waals surface area contributed by atoms with E-state index < -0.39 is 0 Å². The Kier molecular flexibility index (Phi) is 7.02. The molecule has 1 aromatic carbocycles. The summed E-state index contributed by atoms with van der Waals surface area (Å²) < 4.78 is 5.56. The molecule has 0 saturated carbocycles. The number of ether oxygens (including phenoxy) is 1. The van der Waals surface area contributed by atoms with Gasteiger partial charge in [0, 0.05) is 54.6 Å². The number of methoxy groups -OCH3 is 1. The first-order valence-electron chi connectivity index (χ1n) is 11.5. The number of H-pyrrole nitrogens is 1. The van der Waals surface area contributed by atoms with Crippen LogP contribution < -0.4 is 10.1 Å². The van der Waals surface area contributed by atoms with Gasteiger partial charge in [-0.3, -0.25) is 9.59 Å². The molecule has 1 aliphatic carbocycles. The maximum atomic E-state index is 13.0. The third kappa shape index (κ3) is 5.12. The minimum atomic E-state index is -0.158. The summed E-state index contributed by atoms with van der Waals surface area (Å²) in [6.07, 6.45) is 8.29. The summed E-state index contributed by atoms with van der Waals surface area (Å²) in [5, 5.41) is 3.89. The number of aromatic nitrogens is 2. The number of carbonyl (C=O) groups is 2. The minimum Gasteiger partial charge on any atom is -0.496 e. The molecule has 2 heterocycles. The van der Waals surface area contributed by atoms with Crippen LogP contribution in [0.5, 0.6) is 5.75 Å². The number of aromatic amines is 1. The van der Waals surface area contributed by atoms with Gasteiger partial charge >= 0.3 is 0 Å². The number of nitrogens with one attached hydrogen (secondary N) is 2. The highest BCUT2D eigenvalue weighted by molar-refractivity contribution is 5.99. The monoisotopic (exact) mass is 473 g/mol. The highest BCUT2D eigenvalue weighted by Crippen LogP contribution is 2.37. The van der Waals surface area contributed by atoms with Gasteiger partial charge in [0.2, 0.25) is 5.91 Å². The lowest BCUT2D eigenvalue weighted by atomic mass is 9.87. The first kappa shape index (κ1) is 24.2. The fraction of sp³-hybridized carbons (Fsp3) is 0.296. The number of hydrogen-bond donors (Lipinski definition) is 2. The van der Waals surface area contributed by atoms with Gasteiger partial charge in [0.15, 0.2) is 0 Å². The first-order chi connectivity index (χ1) is 16.8. The van der Waals surface area contributed by atoms with E-state index >= 15 is 0 Å². The number of rotatable bonds is 7. The lowest BCUT2D eigenvalue weighted by Gasteiger charge is -2.24. The summed E-state index contributed by atoms with van der Waals surface area (Å²) >= 11 is 0. The number of carbonyl (C=O) groups excluding carboxylic acids is 2. The number of benzene rings is 1. The standard InChI is InChI=1S/C27H31N5O3/c1-31(2)16-25(33)30-23-11-10-17(12-21(23)27(34)32(3)4)18-13-20-22(15-29-26(20)28-14-18)19-8-6-7-9-24(19)35-5/h6-9,11-15,17H,10,16H2,1-5H3,(H,28,29)(H,30,33). The summed E-state index contributed by atoms with van der Waals surface area (Å²) in [7, 11) is 8.73. The summed E-state index contributed by atoms with van der Waals surface area (Å²) in [6, 6.07) is 9.99. The average molecular weight is 474 g/mol. The van der Waals surface area contributed by atoms with Gasteiger partial charge in [-0.15, -0.1) is 0 Å². The number of pyridine rings is 1. The first-order valence-corrected chi connectivity index (χ1v) is 11.5. The summed E-state index contributed by atoms with van der Waals surface area (Å²) in [4.78, 5) is 36.6. The lowest BCUT2D eigenvalue weighted by molar-refractivity contribution is -0.124. The molecule has 2 amide bonds. The third-order valence-electron chi connectivity index (χ3n) is 5.98. The van der Waals surface area contributed by atoms with Crippen LogP contribution in [0.3, 0.4) is 0 Å². The highest BCUT2D eigenvalue weighted by Gasteiger charge is 2.25. The zero-order valence-electron chi connectivity index (χ0n) is 20.8. The van der Waals surface area contributed by atoms with Gasteiger partial charge in [0.1, 0.15) is 11.4 Å². The number of para-hydroxylation sites is 1. The number of likely N-dealkylation sites (N-methyl/N-ethyl adjacent to an activating group) is 2. The van der Waals surface area contributed by atoms with Crippen LogP contribution in [0.2, 0.25) is 0 Å². The van der Waals surface area contributed by atoms with E-state index in [0.717, 1.165) is 33.5 Å². The Morgan fingerprint density at radius 2 is 1.94 bits per heavy atom. The molecule has 1 atom stereocenters. The van der Waals surface area contributed by atoms with E-state index in [0.29, 0.717) is 17.7 Å². The van der Waals surface area contributed by atoms with Crippen molar-refractivity contribution in [3.8, 4) is 16.9 Å². The number of amides is 2. The molecule has 3 aromatic rings. The van der Waals surface area contributed by atoms with Crippen LogP contribution in [-0.2, 0) is 9.59 Å². The molecule has 0 bridgehead atoms. The van der Waals surface area contributed by atoms with Crippen molar-refractivity contribution in [2.45, 2.75) is 12.3 Å². The van der Waals surface area contributed by atoms with Gasteiger partial charge in [-0.2, -0.15) is 0 Å². The molecule has 1 aliphatic rings. The van der Waals surface area contributed by atoms with E-state index in [1.165, 1.54) is 4.90 Å². The van der Waals surface area contributed by atoms with Gasteiger partial charge in [0.05, 0.1) is 19.2 Å². The van der Waals surface area contributed by atoms with E-state index in [9.17, 15) is 9.59 Å². The zero-order valence-corrected chi connectivity index (χ0v) is 20.8. The predicted molar refractivity (Wildman–Crippen MR) is 137 cm³/mol. The molecular weight excluding hydrogens is 442 g/mol. The largest absolute Gasteiger partial charge is 0.496 e. The summed E-state index contributed by atoms with van der Waals surface area (Å²) in [6.45, 7) is 0.240. The van der Waals surface area contributed by atoms with Crippen molar-refractivity contribution in [3.05, 3.63) is 71.7 Å². The fourth-order valence-electron chi connectivity index (χ4n) is 4.28. The van der Waals surface area contributed by atoms with Crippen molar-refractivity contribution in [1.29, 1.82) is 0 Å². The molecule has 2 N–H and O–H groups in total. The smallest absolute Gasteiger partial charge is 0.255 e. The Balaban J connectivity index is 1.70. The van der Waals surface area contributed by atoms with E-state index in [1.54, 1.807) is 26.1 Å². The second kappa shape index (κ2) is 10.1. The molecular formula is C27H31N5O3. The SMILES string of the molecule is COc1ccccc1-c1c[nH]c2ncc(C3C=C(C(=O)N(C)C)C(NC(=O)CN(C)C)=CC3)cc12. The summed E-state index contributed by atoms with van der Waals surface area (Å²) in [5.41, 5.74) is 4.80. The van der Waals surface area contributed by atoms with E-state index in [-0.39, 0.29) is 24.3 Å². The van der Waals surface area contributed by atoms with Crippen molar-refractivity contribution < 1.29 is 14.3 Å². The highest BCUT2D eigenvalue weighted by atomic mass is 16.5. The van der Waals surface area contributed by atoms with Crippen LogP contribution in [0.1, 0.15) is 17.9 Å². The van der Waals surface area contributed by atoms with Crippen molar-refractivity contribution in [2.75, 3.05) is 41.8 Å². The van der Waals surface area contributed by atoms with Crippen LogP contribution in [0.4, 0.5) is 0 Å². The third-order valence-corrected chi connectivity index (χ3v) is 5.98. The van der Waals surface area contributed by atoms with Crippen molar-refractivity contribution in [1.82, 2.24) is 25.1 Å². The Bertz CT molecular complexity index is 1320. The molecule has 1 unspecified atom stereocenters. The Morgan fingerprint density at radius 3 is 2.66 bits per heavy atom. The Labute approximate surface area is 205 Å². The molecule has 0 aliphatic heterocycles. The van der Waals surface area contributed by atoms with E-state index in [2.05, 4.69) is 21.4 Å². The van der Waals surface area contributed by atoms with E-state index in [4.69, 9.17) is 4.74 Å². The number of hydrogen-bond acceptors (Lipinski definition) is 5. The summed E-state index contributed by atoms with van der Waals surface area (Å²) in [5.74, 6) is 0.419.